The van der Waals surface area contributed by atoms with Crippen LogP contribution < -0.4 is 20.1 Å². The van der Waals surface area contributed by atoms with Gasteiger partial charge in [-0.1, -0.05) is 0 Å². The predicted octanol–water partition coefficient (Wildman–Crippen LogP) is -0.503. The first kappa shape index (κ1) is 19.0. The number of halogens is 3. The monoisotopic (exact) mass is 362 g/mol. The van der Waals surface area contributed by atoms with Crippen LogP contribution in [0.25, 0.3) is 0 Å². The highest BCUT2D eigenvalue weighted by atomic mass is 19.4. The molecule has 25 heavy (non-hydrogen) atoms. The van der Waals surface area contributed by atoms with Crippen LogP contribution in [0.5, 0.6) is 0 Å². The number of hydrogen-bond donors (Lipinski definition) is 2. The number of nitrogens with zero attached hydrogens (tertiary/aromatic N) is 1. The van der Waals surface area contributed by atoms with Crippen molar-refractivity contribution in [3.63, 3.8) is 0 Å². The van der Waals surface area contributed by atoms with E-state index in [-0.39, 0.29) is 13.2 Å². The number of carbonyl (C=O) groups excluding carboxylic acids is 2. The molecule has 0 saturated carbocycles. The molecule has 1 fully saturated rings. The van der Waals surface area contributed by atoms with Gasteiger partial charge in [-0.2, -0.15) is 13.2 Å². The second-order valence-electron chi connectivity index (χ2n) is 5.64. The van der Waals surface area contributed by atoms with Crippen LogP contribution in [0.15, 0.2) is 18.3 Å². The van der Waals surface area contributed by atoms with Gasteiger partial charge in [-0.15, -0.1) is 0 Å². The molecule has 1 aromatic rings. The summed E-state index contributed by atoms with van der Waals surface area (Å²) in [5.41, 5.74) is -0.726. The van der Waals surface area contributed by atoms with Crippen molar-refractivity contribution in [3.05, 3.63) is 23.9 Å². The normalized spacial score (nSPS) is 15.8. The highest BCUT2D eigenvalue weighted by Crippen LogP contribution is 2.28. The van der Waals surface area contributed by atoms with E-state index >= 15 is 0 Å². The minimum absolute atomic E-state index is 0.142. The second-order valence-corrected chi connectivity index (χ2v) is 5.64. The largest absolute Gasteiger partial charge is 0.450 e. The molecule has 1 aliphatic rings. The van der Waals surface area contributed by atoms with Gasteiger partial charge in [-0.25, -0.2) is 9.78 Å². The number of anilines is 1. The van der Waals surface area contributed by atoms with Gasteiger partial charge in [-0.05, 0) is 13.0 Å². The molecular weight excluding hydrogens is 341 g/mol. The van der Waals surface area contributed by atoms with Crippen molar-refractivity contribution >= 4 is 17.8 Å². The van der Waals surface area contributed by atoms with E-state index in [0.29, 0.717) is 32.0 Å². The number of carbonyl (C=O) groups is 2. The van der Waals surface area contributed by atoms with E-state index in [1.54, 1.807) is 6.92 Å². The Labute approximate surface area is 142 Å². The maximum Gasteiger partial charge on any atom is 0.419 e. The van der Waals surface area contributed by atoms with E-state index < -0.39 is 23.7 Å². The van der Waals surface area contributed by atoms with Gasteiger partial charge in [0.05, 0.1) is 12.2 Å². The smallest absolute Gasteiger partial charge is 0.419 e. The van der Waals surface area contributed by atoms with Crippen molar-refractivity contribution < 1.29 is 37.4 Å². The molecule has 138 valence electrons. The van der Waals surface area contributed by atoms with Crippen molar-refractivity contribution in [2.24, 2.45) is 0 Å². The van der Waals surface area contributed by atoms with Gasteiger partial charge in [0.2, 0.25) is 0 Å². The Morgan fingerprint density at radius 1 is 1.32 bits per heavy atom. The average Bonchev–Trinajstić information content (AvgIpc) is 2.55. The number of H-pyrrole nitrogens is 1. The summed E-state index contributed by atoms with van der Waals surface area (Å²) in [5, 5.41) is 2.14. The van der Waals surface area contributed by atoms with E-state index in [0.717, 1.165) is 17.2 Å². The Bertz CT molecular complexity index is 599. The molecule has 0 spiro atoms. The first-order valence-electron chi connectivity index (χ1n) is 7.93. The number of quaternary nitrogens is 1. The topological polar surface area (TPSA) is 77.2 Å². The van der Waals surface area contributed by atoms with Gasteiger partial charge in [0, 0.05) is 6.07 Å². The summed E-state index contributed by atoms with van der Waals surface area (Å²) in [5.74, 6) is 0.186. The van der Waals surface area contributed by atoms with Crippen LogP contribution in [0.3, 0.4) is 0 Å². The van der Waals surface area contributed by atoms with Crippen LogP contribution in [0, 0.1) is 0 Å². The van der Waals surface area contributed by atoms with Crippen molar-refractivity contribution in [2.75, 3.05) is 44.2 Å². The number of aromatic nitrogens is 1. The molecule has 0 atom stereocenters. The molecule has 1 aromatic heterocycles. The SMILES string of the molecule is CCOC(=O)NC(=O)C[NH+]1CCN(c2ccc(C(F)(F)F)c[nH+]2)CC1. The van der Waals surface area contributed by atoms with E-state index in [1.807, 2.05) is 4.90 Å². The number of rotatable bonds is 4. The minimum Gasteiger partial charge on any atom is -0.450 e. The number of hydrogen-bond acceptors (Lipinski definition) is 4. The molecule has 1 aliphatic heterocycles. The maximum absolute atomic E-state index is 12.6. The summed E-state index contributed by atoms with van der Waals surface area (Å²) >= 11 is 0. The van der Waals surface area contributed by atoms with E-state index in [2.05, 4.69) is 15.0 Å². The number of nitrogens with one attached hydrogen (secondary N) is 3. The molecule has 0 aromatic carbocycles. The molecule has 10 heteroatoms. The van der Waals surface area contributed by atoms with E-state index in [1.165, 1.54) is 6.07 Å². The number of pyridine rings is 1. The zero-order valence-corrected chi connectivity index (χ0v) is 13.8. The molecule has 0 aliphatic carbocycles. The molecule has 0 unspecified atom stereocenters. The summed E-state index contributed by atoms with van der Waals surface area (Å²) in [4.78, 5) is 28.5. The molecule has 2 heterocycles. The van der Waals surface area contributed by atoms with Crippen molar-refractivity contribution in [1.29, 1.82) is 0 Å². The Morgan fingerprint density at radius 3 is 2.52 bits per heavy atom. The number of aromatic amines is 1. The fourth-order valence-electron chi connectivity index (χ4n) is 2.58. The van der Waals surface area contributed by atoms with Gasteiger partial charge in [0.25, 0.3) is 11.7 Å². The lowest BCUT2D eigenvalue weighted by Gasteiger charge is -2.27. The highest BCUT2D eigenvalue weighted by molar-refractivity contribution is 5.92. The third-order valence-corrected chi connectivity index (χ3v) is 3.86. The Morgan fingerprint density at radius 2 is 2.00 bits per heavy atom. The third-order valence-electron chi connectivity index (χ3n) is 3.86. The summed E-state index contributed by atoms with van der Waals surface area (Å²) in [7, 11) is 0. The minimum atomic E-state index is -4.37. The number of piperazine rings is 1. The zero-order chi connectivity index (χ0) is 18.4. The predicted molar refractivity (Wildman–Crippen MR) is 80.9 cm³/mol. The standard InChI is InChI=1S/C15H19F3N4O3/c1-2-25-14(24)20-13(23)10-21-5-7-22(8-6-21)12-4-3-11(9-19-12)15(16,17)18/h3-4,9H,2,5-8,10H2,1H3,(H,20,23,24)/p+2. The number of ether oxygens (including phenoxy) is 1. The maximum atomic E-state index is 12.6. The molecule has 1 saturated heterocycles. The molecule has 3 N–H and O–H groups in total. The molecule has 0 radical (unpaired) electrons. The van der Waals surface area contributed by atoms with Crippen LogP contribution in [0.1, 0.15) is 12.5 Å². The third kappa shape index (κ3) is 5.59. The van der Waals surface area contributed by atoms with Crippen LogP contribution in [0.4, 0.5) is 23.8 Å². The summed E-state index contributed by atoms with van der Waals surface area (Å²) in [6.45, 7) is 4.41. The van der Waals surface area contributed by atoms with Gasteiger partial charge in [0.1, 0.15) is 32.4 Å². The van der Waals surface area contributed by atoms with Gasteiger partial charge in [0.15, 0.2) is 6.54 Å². The Kier molecular flexibility index (Phi) is 6.18. The zero-order valence-electron chi connectivity index (χ0n) is 13.8. The van der Waals surface area contributed by atoms with Gasteiger partial charge < -0.3 is 9.64 Å². The lowest BCUT2D eigenvalue weighted by atomic mass is 10.2. The average molecular weight is 362 g/mol. The highest BCUT2D eigenvalue weighted by Gasteiger charge is 2.33. The van der Waals surface area contributed by atoms with E-state index in [9.17, 15) is 22.8 Å². The number of amides is 2. The molecule has 2 amide bonds. The second kappa shape index (κ2) is 8.15. The lowest BCUT2D eigenvalue weighted by Crippen LogP contribution is -3.16. The summed E-state index contributed by atoms with van der Waals surface area (Å²) in [6.07, 6.45) is -4.18. The number of imide groups is 1. The van der Waals surface area contributed by atoms with Crippen molar-refractivity contribution in [1.82, 2.24) is 5.32 Å². The Balaban J connectivity index is 1.81. The summed E-state index contributed by atoms with van der Waals surface area (Å²) < 4.78 is 42.3. The Hall–Kier alpha value is -2.36. The molecular formula is C15H21F3N4O3+2. The molecule has 7 nitrogen and oxygen atoms in total. The van der Waals surface area contributed by atoms with E-state index in [4.69, 9.17) is 0 Å². The lowest BCUT2D eigenvalue weighted by molar-refractivity contribution is -0.892. The van der Waals surface area contributed by atoms with Gasteiger partial charge >= 0.3 is 12.3 Å². The van der Waals surface area contributed by atoms with Crippen LogP contribution in [0.2, 0.25) is 0 Å². The van der Waals surface area contributed by atoms with Crippen molar-refractivity contribution in [2.45, 2.75) is 13.1 Å². The fraction of sp³-hybridized carbons (Fsp3) is 0.533. The van der Waals surface area contributed by atoms with Crippen molar-refractivity contribution in [3.8, 4) is 0 Å². The van der Waals surface area contributed by atoms with Crippen LogP contribution in [-0.4, -0.2) is 51.3 Å². The number of alkyl halides is 3. The molecule has 2 rings (SSSR count). The summed E-state index contributed by atoms with van der Waals surface area (Å²) in [6, 6.07) is 2.44. The van der Waals surface area contributed by atoms with Crippen LogP contribution in [-0.2, 0) is 15.7 Å². The quantitative estimate of drug-likeness (QED) is 0.757. The first-order chi connectivity index (χ1) is 11.8. The van der Waals surface area contributed by atoms with Gasteiger partial charge in [-0.3, -0.25) is 15.0 Å². The molecule has 0 bridgehead atoms. The first-order valence-corrected chi connectivity index (χ1v) is 7.93. The fourth-order valence-corrected chi connectivity index (χ4v) is 2.58. The van der Waals surface area contributed by atoms with Crippen LogP contribution >= 0.6 is 0 Å². The number of alkyl carbamates (subject to hydrolysis) is 1.